The van der Waals surface area contributed by atoms with Crippen molar-refractivity contribution in [3.63, 3.8) is 0 Å². The minimum Gasteiger partial charge on any atom is -0.390 e. The molecule has 2 nitrogen and oxygen atoms in total. The molecule has 2 aromatic rings. The molecule has 5 rings (SSSR count). The Morgan fingerprint density at radius 2 is 1.11 bits per heavy atom. The fourth-order valence-corrected chi connectivity index (χ4v) is 3.69. The first-order valence-corrected chi connectivity index (χ1v) is 6.40. The molecule has 18 heavy (non-hydrogen) atoms. The molecule has 0 saturated heterocycles. The van der Waals surface area contributed by atoms with Crippen LogP contribution in [-0.2, 0) is 0 Å². The zero-order valence-electron chi connectivity index (χ0n) is 9.95. The quantitative estimate of drug-likeness (QED) is 0.736. The number of aliphatic hydroxyl groups excluding tert-OH is 1. The van der Waals surface area contributed by atoms with E-state index in [-0.39, 0.29) is 17.9 Å². The summed E-state index contributed by atoms with van der Waals surface area (Å²) >= 11 is 0. The van der Waals surface area contributed by atoms with Gasteiger partial charge in [0.25, 0.3) is 0 Å². The SMILES string of the molecule is N[C@@H]1C2c3ccccc3C(c3ccccc32)[C@@H]1O. The predicted octanol–water partition coefficient (Wildman–Crippen LogP) is 1.97. The summed E-state index contributed by atoms with van der Waals surface area (Å²) < 4.78 is 0. The summed E-state index contributed by atoms with van der Waals surface area (Å²) in [5.74, 6) is 0.176. The molecule has 2 bridgehead atoms. The third-order valence-electron chi connectivity index (χ3n) is 4.45. The fraction of sp³-hybridized carbons (Fsp3) is 0.250. The second-order valence-electron chi connectivity index (χ2n) is 5.28. The Balaban J connectivity index is 2.06. The minimum atomic E-state index is -0.472. The Bertz CT molecular complexity index is 520. The van der Waals surface area contributed by atoms with Gasteiger partial charge in [-0.15, -0.1) is 0 Å². The van der Waals surface area contributed by atoms with Crippen LogP contribution in [0.1, 0.15) is 34.1 Å². The topological polar surface area (TPSA) is 46.2 Å². The third kappa shape index (κ3) is 1.10. The first-order chi connectivity index (χ1) is 8.79. The van der Waals surface area contributed by atoms with Crippen LogP contribution in [0.4, 0.5) is 0 Å². The summed E-state index contributed by atoms with van der Waals surface area (Å²) in [5.41, 5.74) is 11.3. The van der Waals surface area contributed by atoms with Crippen LogP contribution in [0.15, 0.2) is 48.5 Å². The summed E-state index contributed by atoms with van der Waals surface area (Å²) in [6.07, 6.45) is -0.472. The molecule has 2 aromatic carbocycles. The van der Waals surface area contributed by atoms with E-state index in [1.54, 1.807) is 0 Å². The first kappa shape index (κ1) is 10.3. The van der Waals surface area contributed by atoms with E-state index in [0.29, 0.717) is 0 Å². The molecule has 3 aliphatic rings. The Hall–Kier alpha value is -1.64. The number of fused-ring (bicyclic) bond motifs is 1. The van der Waals surface area contributed by atoms with E-state index in [1.165, 1.54) is 22.3 Å². The molecule has 0 heterocycles. The highest BCUT2D eigenvalue weighted by atomic mass is 16.3. The number of nitrogens with two attached hydrogens (primary N) is 1. The molecule has 0 radical (unpaired) electrons. The summed E-state index contributed by atoms with van der Waals surface area (Å²) in [6.45, 7) is 0. The van der Waals surface area contributed by atoms with Crippen LogP contribution in [0.3, 0.4) is 0 Å². The van der Waals surface area contributed by atoms with Crippen molar-refractivity contribution in [2.45, 2.75) is 24.0 Å². The highest BCUT2D eigenvalue weighted by Gasteiger charge is 2.47. The van der Waals surface area contributed by atoms with Crippen molar-refractivity contribution in [3.05, 3.63) is 70.8 Å². The Morgan fingerprint density at radius 3 is 1.56 bits per heavy atom. The third-order valence-corrected chi connectivity index (χ3v) is 4.45. The van der Waals surface area contributed by atoms with Crippen molar-refractivity contribution < 1.29 is 5.11 Å². The van der Waals surface area contributed by atoms with Gasteiger partial charge in [-0.1, -0.05) is 48.5 Å². The van der Waals surface area contributed by atoms with Gasteiger partial charge in [0.2, 0.25) is 0 Å². The lowest BCUT2D eigenvalue weighted by atomic mass is 9.60. The van der Waals surface area contributed by atoms with Gasteiger partial charge < -0.3 is 10.8 Å². The molecule has 0 aliphatic heterocycles. The number of rotatable bonds is 0. The van der Waals surface area contributed by atoms with Crippen molar-refractivity contribution in [3.8, 4) is 0 Å². The lowest BCUT2D eigenvalue weighted by Gasteiger charge is -2.47. The van der Waals surface area contributed by atoms with Gasteiger partial charge in [0.15, 0.2) is 0 Å². The molecule has 3 N–H and O–H groups in total. The average Bonchev–Trinajstić information content (AvgIpc) is 2.42. The molecule has 2 atom stereocenters. The Labute approximate surface area is 106 Å². The maximum Gasteiger partial charge on any atom is 0.0809 e. The van der Waals surface area contributed by atoms with Gasteiger partial charge in [-0.3, -0.25) is 0 Å². The number of hydrogen-bond donors (Lipinski definition) is 2. The van der Waals surface area contributed by atoms with Gasteiger partial charge in [-0.2, -0.15) is 0 Å². The standard InChI is InChI=1S/C16H15NO/c17-15-13-9-5-1-3-7-11(9)14(16(15)18)12-8-4-2-6-10(12)13/h1-8,13-16,18H,17H2/t13?,14?,15-,16+/m1/s1. The van der Waals surface area contributed by atoms with E-state index in [4.69, 9.17) is 5.73 Å². The van der Waals surface area contributed by atoms with Gasteiger partial charge in [0.1, 0.15) is 0 Å². The van der Waals surface area contributed by atoms with Crippen LogP contribution in [0, 0.1) is 0 Å². The maximum absolute atomic E-state index is 10.4. The van der Waals surface area contributed by atoms with E-state index >= 15 is 0 Å². The summed E-state index contributed by atoms with van der Waals surface area (Å²) in [4.78, 5) is 0. The van der Waals surface area contributed by atoms with Gasteiger partial charge in [0.05, 0.1) is 6.10 Å². The van der Waals surface area contributed by atoms with Crippen LogP contribution < -0.4 is 5.73 Å². The highest BCUT2D eigenvalue weighted by molar-refractivity contribution is 5.57. The second-order valence-corrected chi connectivity index (χ2v) is 5.28. The van der Waals surface area contributed by atoms with Crippen LogP contribution in [0.2, 0.25) is 0 Å². The molecule has 0 aromatic heterocycles. The lowest BCUT2D eigenvalue weighted by Crippen LogP contribution is -2.51. The van der Waals surface area contributed by atoms with Crippen molar-refractivity contribution in [2.75, 3.05) is 0 Å². The summed E-state index contributed by atoms with van der Waals surface area (Å²) in [7, 11) is 0. The van der Waals surface area contributed by atoms with E-state index in [0.717, 1.165) is 0 Å². The van der Waals surface area contributed by atoms with Gasteiger partial charge in [-0.25, -0.2) is 0 Å². The zero-order chi connectivity index (χ0) is 12.3. The second kappa shape index (κ2) is 3.44. The molecular weight excluding hydrogens is 222 g/mol. The van der Waals surface area contributed by atoms with E-state index in [1.807, 2.05) is 12.1 Å². The maximum atomic E-state index is 10.4. The normalized spacial score (nSPS) is 31.9. The molecule has 3 aliphatic carbocycles. The molecule has 0 fully saturated rings. The van der Waals surface area contributed by atoms with E-state index in [9.17, 15) is 5.11 Å². The van der Waals surface area contributed by atoms with Gasteiger partial charge in [0, 0.05) is 17.9 Å². The molecule has 0 unspecified atom stereocenters. The van der Waals surface area contributed by atoms with Crippen LogP contribution in [-0.4, -0.2) is 17.3 Å². The largest absolute Gasteiger partial charge is 0.390 e. The van der Waals surface area contributed by atoms with E-state index < -0.39 is 6.10 Å². The van der Waals surface area contributed by atoms with Crippen molar-refractivity contribution >= 4 is 0 Å². The molecule has 0 saturated carbocycles. The molecule has 90 valence electrons. The number of benzene rings is 2. The highest BCUT2D eigenvalue weighted by Crippen LogP contribution is 2.51. The Morgan fingerprint density at radius 1 is 0.722 bits per heavy atom. The minimum absolute atomic E-state index is 0.0393. The summed E-state index contributed by atoms with van der Waals surface area (Å²) in [5, 5.41) is 10.4. The molecule has 0 amide bonds. The number of hydrogen-bond acceptors (Lipinski definition) is 2. The fourth-order valence-electron chi connectivity index (χ4n) is 3.69. The van der Waals surface area contributed by atoms with Gasteiger partial charge >= 0.3 is 0 Å². The van der Waals surface area contributed by atoms with E-state index in [2.05, 4.69) is 36.4 Å². The number of aliphatic hydroxyl groups is 1. The molecule has 0 spiro atoms. The molecular formula is C16H15NO. The van der Waals surface area contributed by atoms with Crippen molar-refractivity contribution in [2.24, 2.45) is 5.73 Å². The molecule has 2 heteroatoms. The van der Waals surface area contributed by atoms with Crippen molar-refractivity contribution in [1.29, 1.82) is 0 Å². The zero-order valence-corrected chi connectivity index (χ0v) is 9.95. The van der Waals surface area contributed by atoms with Crippen LogP contribution in [0.25, 0.3) is 0 Å². The Kier molecular flexibility index (Phi) is 1.97. The first-order valence-electron chi connectivity index (χ1n) is 6.40. The van der Waals surface area contributed by atoms with Gasteiger partial charge in [-0.05, 0) is 22.3 Å². The monoisotopic (exact) mass is 237 g/mol. The van der Waals surface area contributed by atoms with Crippen molar-refractivity contribution in [1.82, 2.24) is 0 Å². The summed E-state index contributed by atoms with van der Waals surface area (Å²) in [6, 6.07) is 16.5. The smallest absolute Gasteiger partial charge is 0.0809 e. The van der Waals surface area contributed by atoms with Crippen LogP contribution >= 0.6 is 0 Å². The van der Waals surface area contributed by atoms with Crippen LogP contribution in [0.5, 0.6) is 0 Å². The lowest BCUT2D eigenvalue weighted by molar-refractivity contribution is 0.102. The average molecular weight is 237 g/mol. The predicted molar refractivity (Wildman–Crippen MR) is 70.6 cm³/mol.